The van der Waals surface area contributed by atoms with Crippen LogP contribution in [0.3, 0.4) is 0 Å². The first-order valence-electron chi connectivity index (χ1n) is 6.61. The smallest absolute Gasteiger partial charge is 0.138 e. The highest BCUT2D eigenvalue weighted by Gasteiger charge is 2.38. The van der Waals surface area contributed by atoms with E-state index in [9.17, 15) is 9.90 Å². The summed E-state index contributed by atoms with van der Waals surface area (Å²) >= 11 is 0. The monoisotopic (exact) mass is 247 g/mol. The fourth-order valence-corrected chi connectivity index (χ4v) is 2.85. The molecular formula is C15H21NO2. The summed E-state index contributed by atoms with van der Waals surface area (Å²) in [6, 6.07) is 9.88. The highest BCUT2D eigenvalue weighted by atomic mass is 16.3. The van der Waals surface area contributed by atoms with Gasteiger partial charge in [-0.2, -0.15) is 0 Å². The van der Waals surface area contributed by atoms with Gasteiger partial charge in [-0.15, -0.1) is 0 Å². The first-order chi connectivity index (χ1) is 8.65. The molecule has 98 valence electrons. The Morgan fingerprint density at radius 3 is 2.67 bits per heavy atom. The average molecular weight is 247 g/mol. The van der Waals surface area contributed by atoms with Crippen molar-refractivity contribution in [2.45, 2.75) is 31.9 Å². The van der Waals surface area contributed by atoms with Crippen LogP contribution in [-0.2, 0) is 4.79 Å². The number of likely N-dealkylation sites (N-methyl/N-ethyl adjacent to an activating group) is 1. The second kappa shape index (κ2) is 5.63. The van der Waals surface area contributed by atoms with Crippen molar-refractivity contribution >= 4 is 5.78 Å². The molecule has 3 heteroatoms. The van der Waals surface area contributed by atoms with Crippen LogP contribution in [0.2, 0.25) is 0 Å². The van der Waals surface area contributed by atoms with Crippen molar-refractivity contribution in [1.29, 1.82) is 0 Å². The third-order valence-electron chi connectivity index (χ3n) is 3.91. The highest BCUT2D eigenvalue weighted by molar-refractivity contribution is 5.81. The molecule has 2 rings (SSSR count). The fraction of sp³-hybridized carbons (Fsp3) is 0.533. The standard InChI is InChI=1S/C15H21NO2/c1-3-13(17)12-9-10-16(2)14(15(12)18)11-7-5-4-6-8-11/h4-8,12,14-15,18H,3,9-10H2,1-2H3. The van der Waals surface area contributed by atoms with E-state index in [2.05, 4.69) is 4.90 Å². The SMILES string of the molecule is CCC(=O)C1CCN(C)C(c2ccccc2)C1O. The molecule has 0 saturated carbocycles. The van der Waals surface area contributed by atoms with Crippen LogP contribution in [0.4, 0.5) is 0 Å². The van der Waals surface area contributed by atoms with Crippen molar-refractivity contribution in [3.63, 3.8) is 0 Å². The summed E-state index contributed by atoms with van der Waals surface area (Å²) in [5.74, 6) is -0.0343. The Kier molecular flexibility index (Phi) is 4.15. The number of hydrogen-bond donors (Lipinski definition) is 1. The Morgan fingerprint density at radius 2 is 2.06 bits per heavy atom. The van der Waals surface area contributed by atoms with E-state index in [0.29, 0.717) is 6.42 Å². The molecule has 3 unspecified atom stereocenters. The van der Waals surface area contributed by atoms with Crippen LogP contribution in [0.1, 0.15) is 31.4 Å². The zero-order valence-corrected chi connectivity index (χ0v) is 11.0. The molecule has 0 bridgehead atoms. The molecule has 0 radical (unpaired) electrons. The van der Waals surface area contributed by atoms with Crippen LogP contribution >= 0.6 is 0 Å². The van der Waals surface area contributed by atoms with Crippen LogP contribution < -0.4 is 0 Å². The van der Waals surface area contributed by atoms with Crippen LogP contribution in [0, 0.1) is 5.92 Å². The average Bonchev–Trinajstić information content (AvgIpc) is 2.39. The molecule has 0 aliphatic carbocycles. The summed E-state index contributed by atoms with van der Waals surface area (Å²) in [6.07, 6.45) is 0.666. The van der Waals surface area contributed by atoms with E-state index in [1.54, 1.807) is 0 Å². The van der Waals surface area contributed by atoms with Crippen molar-refractivity contribution in [3.8, 4) is 0 Å². The second-order valence-electron chi connectivity index (χ2n) is 5.04. The lowest BCUT2D eigenvalue weighted by Gasteiger charge is -2.41. The van der Waals surface area contributed by atoms with Gasteiger partial charge >= 0.3 is 0 Å². The molecule has 1 saturated heterocycles. The molecule has 1 aliphatic rings. The van der Waals surface area contributed by atoms with E-state index in [-0.39, 0.29) is 17.7 Å². The molecule has 1 aliphatic heterocycles. The van der Waals surface area contributed by atoms with Gasteiger partial charge in [0.05, 0.1) is 12.1 Å². The molecule has 3 atom stereocenters. The Balaban J connectivity index is 2.25. The maximum atomic E-state index is 11.9. The predicted octanol–water partition coefficient (Wildman–Crippen LogP) is 2.02. The summed E-state index contributed by atoms with van der Waals surface area (Å²) in [5, 5.41) is 10.5. The number of carbonyl (C=O) groups is 1. The summed E-state index contributed by atoms with van der Waals surface area (Å²) in [7, 11) is 2.01. The van der Waals surface area contributed by atoms with E-state index >= 15 is 0 Å². The van der Waals surface area contributed by atoms with Gasteiger partial charge in [0, 0.05) is 12.3 Å². The van der Waals surface area contributed by atoms with Crippen molar-refractivity contribution in [3.05, 3.63) is 35.9 Å². The number of aliphatic hydroxyl groups excluding tert-OH is 1. The predicted molar refractivity (Wildman–Crippen MR) is 71.2 cm³/mol. The van der Waals surface area contributed by atoms with Gasteiger partial charge in [-0.25, -0.2) is 0 Å². The molecule has 1 N–H and O–H groups in total. The van der Waals surface area contributed by atoms with Crippen LogP contribution in [0.25, 0.3) is 0 Å². The van der Waals surface area contributed by atoms with Crippen LogP contribution in [-0.4, -0.2) is 35.5 Å². The maximum Gasteiger partial charge on any atom is 0.138 e. The van der Waals surface area contributed by atoms with Gasteiger partial charge in [-0.1, -0.05) is 37.3 Å². The number of rotatable bonds is 3. The summed E-state index contributed by atoms with van der Waals surface area (Å²) in [4.78, 5) is 14.0. The van der Waals surface area contributed by atoms with Crippen molar-refractivity contribution in [1.82, 2.24) is 4.90 Å². The van der Waals surface area contributed by atoms with Gasteiger partial charge in [0.25, 0.3) is 0 Å². The summed E-state index contributed by atoms with van der Waals surface area (Å²) in [6.45, 7) is 2.72. The van der Waals surface area contributed by atoms with Gasteiger partial charge in [0.2, 0.25) is 0 Å². The molecule has 1 heterocycles. The lowest BCUT2D eigenvalue weighted by Crippen LogP contribution is -2.47. The Bertz CT molecular complexity index is 404. The van der Waals surface area contributed by atoms with Crippen LogP contribution in [0.5, 0.6) is 0 Å². The molecule has 1 aromatic carbocycles. The maximum absolute atomic E-state index is 11.9. The summed E-state index contributed by atoms with van der Waals surface area (Å²) in [5.41, 5.74) is 1.08. The lowest BCUT2D eigenvalue weighted by molar-refractivity contribution is -0.131. The Labute approximate surface area is 108 Å². The van der Waals surface area contributed by atoms with Crippen molar-refractivity contribution < 1.29 is 9.90 Å². The van der Waals surface area contributed by atoms with Gasteiger partial charge in [0.1, 0.15) is 5.78 Å². The number of likely N-dealkylation sites (tertiary alicyclic amines) is 1. The lowest BCUT2D eigenvalue weighted by atomic mass is 9.81. The number of nitrogens with zero attached hydrogens (tertiary/aromatic N) is 1. The number of Topliss-reactive ketones (excluding diaryl/α,β-unsaturated/α-hetero) is 1. The minimum atomic E-state index is -0.599. The molecular weight excluding hydrogens is 226 g/mol. The van der Waals surface area contributed by atoms with E-state index in [4.69, 9.17) is 0 Å². The minimum Gasteiger partial charge on any atom is -0.390 e. The molecule has 0 spiro atoms. The minimum absolute atomic E-state index is 0.0690. The Morgan fingerprint density at radius 1 is 1.39 bits per heavy atom. The number of carbonyl (C=O) groups excluding carboxylic acids is 1. The number of piperidine rings is 1. The first kappa shape index (κ1) is 13.2. The zero-order valence-electron chi connectivity index (χ0n) is 11.0. The van der Waals surface area contributed by atoms with Crippen molar-refractivity contribution in [2.24, 2.45) is 5.92 Å². The van der Waals surface area contributed by atoms with E-state index in [1.807, 2.05) is 44.3 Å². The molecule has 0 aromatic heterocycles. The van der Waals surface area contributed by atoms with E-state index in [1.165, 1.54) is 0 Å². The fourth-order valence-electron chi connectivity index (χ4n) is 2.85. The highest BCUT2D eigenvalue weighted by Crippen LogP contribution is 2.34. The number of ketones is 1. The van der Waals surface area contributed by atoms with E-state index < -0.39 is 6.10 Å². The first-order valence-corrected chi connectivity index (χ1v) is 6.61. The normalized spacial score (nSPS) is 29.2. The second-order valence-corrected chi connectivity index (χ2v) is 5.04. The number of aliphatic hydroxyl groups is 1. The molecule has 0 amide bonds. The largest absolute Gasteiger partial charge is 0.390 e. The van der Waals surface area contributed by atoms with Gasteiger partial charge in [0.15, 0.2) is 0 Å². The van der Waals surface area contributed by atoms with Gasteiger partial charge in [-0.05, 0) is 25.6 Å². The van der Waals surface area contributed by atoms with Gasteiger partial charge < -0.3 is 5.11 Å². The summed E-state index contributed by atoms with van der Waals surface area (Å²) < 4.78 is 0. The molecule has 18 heavy (non-hydrogen) atoms. The molecule has 1 aromatic rings. The molecule has 3 nitrogen and oxygen atoms in total. The number of benzene rings is 1. The Hall–Kier alpha value is -1.19. The quantitative estimate of drug-likeness (QED) is 0.888. The molecule has 1 fully saturated rings. The topological polar surface area (TPSA) is 40.5 Å². The zero-order chi connectivity index (χ0) is 13.1. The number of hydrogen-bond acceptors (Lipinski definition) is 3. The van der Waals surface area contributed by atoms with Gasteiger partial charge in [-0.3, -0.25) is 9.69 Å². The third-order valence-corrected chi connectivity index (χ3v) is 3.91. The third kappa shape index (κ3) is 2.47. The van der Waals surface area contributed by atoms with Crippen LogP contribution in [0.15, 0.2) is 30.3 Å². The van der Waals surface area contributed by atoms with Crippen molar-refractivity contribution in [2.75, 3.05) is 13.6 Å². The van der Waals surface area contributed by atoms with E-state index in [0.717, 1.165) is 18.5 Å².